The van der Waals surface area contributed by atoms with Gasteiger partial charge in [0.2, 0.25) is 0 Å². The second-order valence-electron chi connectivity index (χ2n) is 6.98. The average Bonchev–Trinajstić information content (AvgIpc) is 3.01. The zero-order valence-electron chi connectivity index (χ0n) is 17.7. The first-order valence-electron chi connectivity index (χ1n) is 10.2. The normalized spacial score (nSPS) is 10.9. The maximum absolute atomic E-state index is 12.3. The molecule has 0 saturated carbocycles. The molecule has 0 aliphatic carbocycles. The third-order valence-electron chi connectivity index (χ3n) is 5.22. The summed E-state index contributed by atoms with van der Waals surface area (Å²) in [5.74, 6) is 0.813. The van der Waals surface area contributed by atoms with Crippen LogP contribution in [0.25, 0.3) is 22.2 Å². The molecule has 2 aromatic carbocycles. The summed E-state index contributed by atoms with van der Waals surface area (Å²) < 4.78 is 7.65. The number of anilines is 2. The number of nitrogens with two attached hydrogens (primary N) is 1. The Morgan fingerprint density at radius 2 is 1.79 bits per heavy atom. The van der Waals surface area contributed by atoms with Crippen LogP contribution in [0.3, 0.4) is 0 Å². The molecule has 0 aliphatic heterocycles. The van der Waals surface area contributed by atoms with Crippen LogP contribution in [0.2, 0.25) is 0 Å². The molecular formula is C23H30N4O2. The summed E-state index contributed by atoms with van der Waals surface area (Å²) >= 11 is 0. The Morgan fingerprint density at radius 1 is 1.10 bits per heavy atom. The molecule has 3 aromatic rings. The third-order valence-corrected chi connectivity index (χ3v) is 5.22. The van der Waals surface area contributed by atoms with Gasteiger partial charge in [0.25, 0.3) is 0 Å². The minimum atomic E-state index is -0.0885. The average molecular weight is 395 g/mol. The number of hydrogen-bond donors (Lipinski definition) is 2. The molecule has 0 radical (unpaired) electrons. The van der Waals surface area contributed by atoms with Crippen LogP contribution in [0.5, 0.6) is 5.75 Å². The SMILES string of the molecule is CCCn1c(-c2ccc(NC(=O)N(CC)CC)cc2)c(N)c2ccc(OC)cc21. The van der Waals surface area contributed by atoms with Gasteiger partial charge < -0.3 is 25.3 Å². The Balaban J connectivity index is 1.99. The van der Waals surface area contributed by atoms with Crippen molar-refractivity contribution in [3.63, 3.8) is 0 Å². The van der Waals surface area contributed by atoms with Crippen LogP contribution in [-0.4, -0.2) is 35.7 Å². The van der Waals surface area contributed by atoms with E-state index in [0.717, 1.165) is 52.3 Å². The Labute approximate surface area is 172 Å². The topological polar surface area (TPSA) is 72.5 Å². The highest BCUT2D eigenvalue weighted by Gasteiger charge is 2.17. The zero-order chi connectivity index (χ0) is 21.0. The van der Waals surface area contributed by atoms with Gasteiger partial charge >= 0.3 is 6.03 Å². The highest BCUT2D eigenvalue weighted by atomic mass is 16.5. The molecule has 0 fully saturated rings. The predicted octanol–water partition coefficient (Wildman–Crippen LogP) is 5.18. The maximum atomic E-state index is 12.3. The molecule has 1 aromatic heterocycles. The predicted molar refractivity (Wildman–Crippen MR) is 121 cm³/mol. The van der Waals surface area contributed by atoms with Gasteiger partial charge in [-0.15, -0.1) is 0 Å². The summed E-state index contributed by atoms with van der Waals surface area (Å²) in [5, 5.41) is 3.97. The maximum Gasteiger partial charge on any atom is 0.321 e. The van der Waals surface area contributed by atoms with E-state index in [1.807, 2.05) is 56.3 Å². The van der Waals surface area contributed by atoms with Gasteiger partial charge in [0, 0.05) is 42.3 Å². The number of hydrogen-bond acceptors (Lipinski definition) is 3. The molecule has 6 heteroatoms. The van der Waals surface area contributed by atoms with Gasteiger partial charge in [-0.2, -0.15) is 0 Å². The molecule has 154 valence electrons. The number of fused-ring (bicyclic) bond motifs is 1. The van der Waals surface area contributed by atoms with Crippen molar-refractivity contribution in [3.8, 4) is 17.0 Å². The molecule has 0 spiro atoms. The van der Waals surface area contributed by atoms with Crippen molar-refractivity contribution in [2.45, 2.75) is 33.7 Å². The van der Waals surface area contributed by atoms with E-state index in [1.54, 1.807) is 12.0 Å². The number of nitrogens with zero attached hydrogens (tertiary/aromatic N) is 2. The Kier molecular flexibility index (Phi) is 6.32. The van der Waals surface area contributed by atoms with Crippen LogP contribution < -0.4 is 15.8 Å². The Bertz CT molecular complexity index is 988. The number of nitrogens with one attached hydrogen (secondary N) is 1. The van der Waals surface area contributed by atoms with Crippen LogP contribution in [0.4, 0.5) is 16.2 Å². The van der Waals surface area contributed by atoms with Crippen LogP contribution >= 0.6 is 0 Å². The summed E-state index contributed by atoms with van der Waals surface area (Å²) in [6, 6.07) is 13.7. The highest BCUT2D eigenvalue weighted by molar-refractivity contribution is 6.01. The molecule has 3 rings (SSSR count). The zero-order valence-corrected chi connectivity index (χ0v) is 17.7. The molecule has 2 amide bonds. The first-order chi connectivity index (χ1) is 14.0. The number of aryl methyl sites for hydroxylation is 1. The van der Waals surface area contributed by atoms with Crippen LogP contribution in [-0.2, 0) is 6.54 Å². The minimum absolute atomic E-state index is 0.0885. The quantitative estimate of drug-likeness (QED) is 0.580. The lowest BCUT2D eigenvalue weighted by Gasteiger charge is -2.19. The lowest BCUT2D eigenvalue weighted by atomic mass is 10.1. The number of carbonyl (C=O) groups is 1. The molecule has 0 aliphatic rings. The van der Waals surface area contributed by atoms with E-state index in [9.17, 15) is 4.79 Å². The van der Waals surface area contributed by atoms with E-state index in [4.69, 9.17) is 10.5 Å². The largest absolute Gasteiger partial charge is 0.497 e. The van der Waals surface area contributed by atoms with E-state index in [1.165, 1.54) is 0 Å². The van der Waals surface area contributed by atoms with Gasteiger partial charge in [-0.25, -0.2) is 4.79 Å². The second-order valence-corrected chi connectivity index (χ2v) is 6.98. The molecular weight excluding hydrogens is 364 g/mol. The fourth-order valence-corrected chi connectivity index (χ4v) is 3.67. The van der Waals surface area contributed by atoms with E-state index in [2.05, 4.69) is 16.8 Å². The number of aromatic nitrogens is 1. The molecule has 1 heterocycles. The van der Waals surface area contributed by atoms with E-state index in [-0.39, 0.29) is 6.03 Å². The summed E-state index contributed by atoms with van der Waals surface area (Å²) in [6.45, 7) is 8.30. The molecule has 0 bridgehead atoms. The van der Waals surface area contributed by atoms with E-state index in [0.29, 0.717) is 13.1 Å². The van der Waals surface area contributed by atoms with E-state index >= 15 is 0 Å². The molecule has 0 saturated heterocycles. The molecule has 0 unspecified atom stereocenters. The van der Waals surface area contributed by atoms with Crippen molar-refractivity contribution in [2.75, 3.05) is 31.2 Å². The number of benzene rings is 2. The smallest absolute Gasteiger partial charge is 0.321 e. The Morgan fingerprint density at radius 3 is 2.38 bits per heavy atom. The number of nitrogen functional groups attached to an aromatic ring is 1. The van der Waals surface area contributed by atoms with Crippen molar-refractivity contribution in [3.05, 3.63) is 42.5 Å². The van der Waals surface area contributed by atoms with Gasteiger partial charge in [0.15, 0.2) is 0 Å². The molecule has 0 atom stereocenters. The first-order valence-corrected chi connectivity index (χ1v) is 10.2. The number of carbonyl (C=O) groups excluding carboxylic acids is 1. The van der Waals surface area contributed by atoms with Crippen LogP contribution in [0.1, 0.15) is 27.2 Å². The third kappa shape index (κ3) is 4.01. The van der Waals surface area contributed by atoms with Crippen molar-refractivity contribution < 1.29 is 9.53 Å². The number of ether oxygens (including phenoxy) is 1. The molecule has 29 heavy (non-hydrogen) atoms. The van der Waals surface area contributed by atoms with Gasteiger partial charge in [-0.05, 0) is 44.5 Å². The fraction of sp³-hybridized carbons (Fsp3) is 0.348. The van der Waals surface area contributed by atoms with Crippen molar-refractivity contribution >= 4 is 28.3 Å². The standard InChI is InChI=1S/C23H30N4O2/c1-5-14-27-20-15-18(29-4)12-13-19(20)21(24)22(27)16-8-10-17(11-9-16)25-23(28)26(6-2)7-3/h8-13,15H,5-7,14,24H2,1-4H3,(H,25,28). The molecule has 6 nitrogen and oxygen atoms in total. The first kappa shape index (κ1) is 20.6. The number of urea groups is 1. The summed E-state index contributed by atoms with van der Waals surface area (Å²) in [5.41, 5.74) is 11.2. The number of rotatable bonds is 7. The monoisotopic (exact) mass is 394 g/mol. The number of methoxy groups -OCH3 is 1. The Hall–Kier alpha value is -3.15. The summed E-state index contributed by atoms with van der Waals surface area (Å²) in [4.78, 5) is 14.0. The van der Waals surface area contributed by atoms with Crippen LogP contribution in [0, 0.1) is 0 Å². The van der Waals surface area contributed by atoms with Gasteiger partial charge in [0.05, 0.1) is 24.0 Å². The lowest BCUT2D eigenvalue weighted by Crippen LogP contribution is -2.34. The summed E-state index contributed by atoms with van der Waals surface area (Å²) in [7, 11) is 1.67. The fourth-order valence-electron chi connectivity index (χ4n) is 3.67. The number of amides is 2. The van der Waals surface area contributed by atoms with Crippen molar-refractivity contribution in [2.24, 2.45) is 0 Å². The van der Waals surface area contributed by atoms with E-state index < -0.39 is 0 Å². The van der Waals surface area contributed by atoms with Crippen molar-refractivity contribution in [1.82, 2.24) is 9.47 Å². The summed E-state index contributed by atoms with van der Waals surface area (Å²) in [6.07, 6.45) is 0.992. The second kappa shape index (κ2) is 8.90. The lowest BCUT2D eigenvalue weighted by molar-refractivity contribution is 0.217. The highest BCUT2D eigenvalue weighted by Crippen LogP contribution is 2.38. The molecule has 3 N–H and O–H groups in total. The van der Waals surface area contributed by atoms with Crippen LogP contribution in [0.15, 0.2) is 42.5 Å². The van der Waals surface area contributed by atoms with Gasteiger partial charge in [0.1, 0.15) is 5.75 Å². The minimum Gasteiger partial charge on any atom is -0.497 e. The van der Waals surface area contributed by atoms with Gasteiger partial charge in [-0.1, -0.05) is 19.1 Å². The van der Waals surface area contributed by atoms with Gasteiger partial charge in [-0.3, -0.25) is 0 Å². The van der Waals surface area contributed by atoms with Crippen molar-refractivity contribution in [1.29, 1.82) is 0 Å².